The smallest absolute Gasteiger partial charge is 0.323 e. The Morgan fingerprint density at radius 3 is 2.45 bits per heavy atom. The first-order chi connectivity index (χ1) is 9.36. The van der Waals surface area contributed by atoms with E-state index >= 15 is 0 Å². The van der Waals surface area contributed by atoms with Crippen LogP contribution >= 0.6 is 0 Å². The third-order valence-electron chi connectivity index (χ3n) is 2.05. The third-order valence-corrected chi connectivity index (χ3v) is 3.41. The number of hydrogen-bond acceptors (Lipinski definition) is 9. The van der Waals surface area contributed by atoms with Gasteiger partial charge in [-0.15, -0.1) is 0 Å². The van der Waals surface area contributed by atoms with Crippen LogP contribution in [-0.2, 0) is 10.0 Å². The fourth-order valence-electron chi connectivity index (χ4n) is 1.16. The first kappa shape index (κ1) is 16.3. The van der Waals surface area contributed by atoms with E-state index in [0.717, 1.165) is 0 Å². The minimum absolute atomic E-state index is 0.0990. The molecule has 0 aliphatic rings. The zero-order chi connectivity index (χ0) is 15.2. The molecule has 0 atom stereocenters. The standard InChI is InChI=1S/C9H19N7O3S/c1-6(2)19-9-14-7(13-8(15-9)16-10)12-4-5-20(17,18)11-3/h6,11H,4-5,10H2,1-3H3,(H2,12,13,14,15,16). The highest BCUT2D eigenvalue weighted by Crippen LogP contribution is 2.11. The summed E-state index contributed by atoms with van der Waals surface area (Å²) >= 11 is 0. The molecule has 5 N–H and O–H groups in total. The van der Waals surface area contributed by atoms with Gasteiger partial charge in [-0.25, -0.2) is 19.0 Å². The van der Waals surface area contributed by atoms with Crippen LogP contribution in [0.15, 0.2) is 0 Å². The molecular weight excluding hydrogens is 286 g/mol. The summed E-state index contributed by atoms with van der Waals surface area (Å²) in [4.78, 5) is 11.9. The number of ether oxygens (including phenoxy) is 1. The quantitative estimate of drug-likeness (QED) is 0.347. The van der Waals surface area contributed by atoms with E-state index < -0.39 is 10.0 Å². The molecule has 1 rings (SSSR count). The maximum absolute atomic E-state index is 11.3. The number of aromatic nitrogens is 3. The predicted octanol–water partition coefficient (Wildman–Crippen LogP) is -1.09. The summed E-state index contributed by atoms with van der Waals surface area (Å²) in [5.41, 5.74) is 2.29. The lowest BCUT2D eigenvalue weighted by Gasteiger charge is -2.11. The number of hydrazine groups is 1. The van der Waals surface area contributed by atoms with Gasteiger partial charge in [-0.3, -0.25) is 5.43 Å². The van der Waals surface area contributed by atoms with Gasteiger partial charge in [-0.05, 0) is 20.9 Å². The van der Waals surface area contributed by atoms with Crippen molar-refractivity contribution in [1.29, 1.82) is 0 Å². The molecule has 0 aliphatic heterocycles. The van der Waals surface area contributed by atoms with E-state index in [4.69, 9.17) is 10.6 Å². The Morgan fingerprint density at radius 1 is 1.25 bits per heavy atom. The van der Waals surface area contributed by atoms with Crippen molar-refractivity contribution in [2.24, 2.45) is 5.84 Å². The van der Waals surface area contributed by atoms with Crippen molar-refractivity contribution in [2.45, 2.75) is 20.0 Å². The molecule has 0 saturated carbocycles. The van der Waals surface area contributed by atoms with Gasteiger partial charge in [0.2, 0.25) is 21.9 Å². The second kappa shape index (κ2) is 7.17. The number of anilines is 2. The Labute approximate surface area is 117 Å². The maximum Gasteiger partial charge on any atom is 0.323 e. The van der Waals surface area contributed by atoms with E-state index in [1.807, 2.05) is 13.8 Å². The molecule has 0 bridgehead atoms. The molecule has 0 radical (unpaired) electrons. The Kier molecular flexibility index (Phi) is 5.85. The molecule has 0 aromatic carbocycles. The molecular formula is C9H19N7O3S. The summed E-state index contributed by atoms with van der Waals surface area (Å²) in [5, 5.41) is 2.77. The first-order valence-corrected chi connectivity index (χ1v) is 7.56. The second-order valence-corrected chi connectivity index (χ2v) is 6.07. The van der Waals surface area contributed by atoms with Gasteiger partial charge in [0.25, 0.3) is 0 Å². The lowest BCUT2D eigenvalue weighted by molar-refractivity contribution is 0.222. The fraction of sp³-hybridized carbons (Fsp3) is 0.667. The molecule has 1 aromatic heterocycles. The Balaban J connectivity index is 2.73. The van der Waals surface area contributed by atoms with Gasteiger partial charge in [0.1, 0.15) is 0 Å². The second-order valence-electron chi connectivity index (χ2n) is 4.03. The first-order valence-electron chi connectivity index (χ1n) is 5.90. The van der Waals surface area contributed by atoms with Crippen LogP contribution in [0.25, 0.3) is 0 Å². The van der Waals surface area contributed by atoms with Crippen LogP contribution in [0.5, 0.6) is 6.01 Å². The molecule has 0 fully saturated rings. The number of rotatable bonds is 8. The van der Waals surface area contributed by atoms with Crippen molar-refractivity contribution in [3.8, 4) is 6.01 Å². The van der Waals surface area contributed by atoms with Crippen LogP contribution in [-0.4, -0.2) is 48.8 Å². The van der Waals surface area contributed by atoms with Crippen LogP contribution in [0.2, 0.25) is 0 Å². The van der Waals surface area contributed by atoms with Crippen LogP contribution in [0.3, 0.4) is 0 Å². The number of nitrogens with zero attached hydrogens (tertiary/aromatic N) is 3. The van der Waals surface area contributed by atoms with Gasteiger partial charge in [0.15, 0.2) is 0 Å². The topological polar surface area (TPSA) is 144 Å². The molecule has 1 aromatic rings. The van der Waals surface area contributed by atoms with E-state index in [1.165, 1.54) is 7.05 Å². The molecule has 0 amide bonds. The van der Waals surface area contributed by atoms with Crippen LogP contribution in [0.4, 0.5) is 11.9 Å². The number of sulfonamides is 1. The third kappa shape index (κ3) is 5.50. The van der Waals surface area contributed by atoms with Gasteiger partial charge in [-0.1, -0.05) is 0 Å². The SMILES string of the molecule is CNS(=O)(=O)CCNc1nc(NN)nc(OC(C)C)n1. The summed E-state index contributed by atoms with van der Waals surface area (Å²) in [7, 11) is -1.94. The molecule has 11 heteroatoms. The zero-order valence-corrected chi connectivity index (χ0v) is 12.4. The average Bonchev–Trinajstić information content (AvgIpc) is 2.37. The molecule has 0 unspecified atom stereocenters. The van der Waals surface area contributed by atoms with Crippen LogP contribution in [0, 0.1) is 0 Å². The lowest BCUT2D eigenvalue weighted by atomic mass is 10.5. The van der Waals surface area contributed by atoms with E-state index in [1.54, 1.807) is 0 Å². The Hall–Kier alpha value is -1.72. The molecule has 0 saturated heterocycles. The molecule has 10 nitrogen and oxygen atoms in total. The number of nitrogens with two attached hydrogens (primary N) is 1. The van der Waals surface area contributed by atoms with Crippen molar-refractivity contribution in [1.82, 2.24) is 19.7 Å². The van der Waals surface area contributed by atoms with Crippen molar-refractivity contribution in [3.05, 3.63) is 0 Å². The van der Waals surface area contributed by atoms with Crippen molar-refractivity contribution in [2.75, 3.05) is 30.1 Å². The summed E-state index contributed by atoms with van der Waals surface area (Å²) in [6.07, 6.45) is -0.111. The molecule has 20 heavy (non-hydrogen) atoms. The van der Waals surface area contributed by atoms with E-state index in [9.17, 15) is 8.42 Å². The summed E-state index contributed by atoms with van der Waals surface area (Å²) < 4.78 is 30.1. The van der Waals surface area contributed by atoms with Gasteiger partial charge in [0, 0.05) is 6.54 Å². The minimum atomic E-state index is -3.29. The number of hydrogen-bond donors (Lipinski definition) is 4. The van der Waals surface area contributed by atoms with Gasteiger partial charge in [0.05, 0.1) is 11.9 Å². The highest BCUT2D eigenvalue weighted by atomic mass is 32.2. The molecule has 0 spiro atoms. The maximum atomic E-state index is 11.3. The number of nitrogen functional groups attached to an aromatic ring is 1. The van der Waals surface area contributed by atoms with Gasteiger partial charge >= 0.3 is 6.01 Å². The van der Waals surface area contributed by atoms with E-state index in [2.05, 4.69) is 30.4 Å². The summed E-state index contributed by atoms with van der Waals surface area (Å²) in [6.45, 7) is 3.79. The Bertz CT molecular complexity index is 534. The molecule has 1 heterocycles. The van der Waals surface area contributed by atoms with Gasteiger partial charge in [-0.2, -0.15) is 15.0 Å². The van der Waals surface area contributed by atoms with Gasteiger partial charge < -0.3 is 10.1 Å². The van der Waals surface area contributed by atoms with Crippen molar-refractivity contribution in [3.63, 3.8) is 0 Å². The normalized spacial score (nSPS) is 11.4. The zero-order valence-electron chi connectivity index (χ0n) is 11.5. The Morgan fingerprint density at radius 2 is 1.90 bits per heavy atom. The van der Waals surface area contributed by atoms with Crippen LogP contribution in [0.1, 0.15) is 13.8 Å². The van der Waals surface area contributed by atoms with E-state index in [0.29, 0.717) is 0 Å². The summed E-state index contributed by atoms with van der Waals surface area (Å²) in [6, 6.07) is 0.0990. The monoisotopic (exact) mass is 305 g/mol. The minimum Gasteiger partial charge on any atom is -0.461 e. The predicted molar refractivity (Wildman–Crippen MR) is 74.7 cm³/mol. The fourth-order valence-corrected chi connectivity index (χ4v) is 1.74. The molecule has 0 aliphatic carbocycles. The molecule has 114 valence electrons. The number of nitrogens with one attached hydrogen (secondary N) is 3. The van der Waals surface area contributed by atoms with Crippen molar-refractivity contribution >= 4 is 21.9 Å². The highest BCUT2D eigenvalue weighted by Gasteiger charge is 2.10. The lowest BCUT2D eigenvalue weighted by Crippen LogP contribution is -2.26. The van der Waals surface area contributed by atoms with Crippen LogP contribution < -0.4 is 26.0 Å². The largest absolute Gasteiger partial charge is 0.461 e. The highest BCUT2D eigenvalue weighted by molar-refractivity contribution is 7.89. The average molecular weight is 305 g/mol. The summed E-state index contributed by atoms with van der Waals surface area (Å²) in [5.74, 6) is 5.43. The van der Waals surface area contributed by atoms with Crippen molar-refractivity contribution < 1.29 is 13.2 Å². The van der Waals surface area contributed by atoms with E-state index in [-0.39, 0.29) is 36.3 Å².